The summed E-state index contributed by atoms with van der Waals surface area (Å²) in [6.45, 7) is 2.91. The molecule has 0 amide bonds. The number of morpholine rings is 1. The van der Waals surface area contributed by atoms with Gasteiger partial charge in [-0.15, -0.1) is 0 Å². The minimum atomic E-state index is 0.188. The van der Waals surface area contributed by atoms with E-state index in [2.05, 4.69) is 45.2 Å². The van der Waals surface area contributed by atoms with Crippen LogP contribution in [0.3, 0.4) is 0 Å². The Morgan fingerprint density at radius 1 is 1.19 bits per heavy atom. The molecule has 0 spiro atoms. The van der Waals surface area contributed by atoms with Crippen LogP contribution in [0.25, 0.3) is 0 Å². The first kappa shape index (κ1) is 13.0. The van der Waals surface area contributed by atoms with E-state index < -0.39 is 0 Å². The van der Waals surface area contributed by atoms with Crippen LogP contribution >= 0.6 is 0 Å². The fourth-order valence-corrected chi connectivity index (χ4v) is 3.18. The highest BCUT2D eigenvalue weighted by atomic mass is 16.5. The lowest BCUT2D eigenvalue weighted by molar-refractivity contribution is -0.0988. The van der Waals surface area contributed by atoms with E-state index in [1.807, 2.05) is 6.20 Å². The summed E-state index contributed by atoms with van der Waals surface area (Å²) in [5.74, 6) is 0.765. The Morgan fingerprint density at radius 2 is 2.05 bits per heavy atom. The van der Waals surface area contributed by atoms with E-state index in [0.29, 0.717) is 6.10 Å². The maximum absolute atomic E-state index is 6.38. The molecular formula is C17H21N3O. The van der Waals surface area contributed by atoms with Crippen LogP contribution in [0, 0.1) is 5.92 Å². The van der Waals surface area contributed by atoms with E-state index in [-0.39, 0.29) is 6.10 Å². The third kappa shape index (κ3) is 3.01. The number of H-pyrrole nitrogens is 1. The van der Waals surface area contributed by atoms with Gasteiger partial charge in [0.25, 0.3) is 0 Å². The predicted octanol–water partition coefficient (Wildman–Crippen LogP) is 2.76. The number of rotatable bonds is 4. The molecule has 1 aromatic heterocycles. The molecule has 1 aliphatic heterocycles. The molecule has 1 N–H and O–H groups in total. The van der Waals surface area contributed by atoms with Crippen LogP contribution in [0.15, 0.2) is 42.9 Å². The second kappa shape index (κ2) is 5.62. The third-order valence-corrected chi connectivity index (χ3v) is 4.47. The average Bonchev–Trinajstić information content (AvgIpc) is 3.27. The number of aromatic amines is 1. The largest absolute Gasteiger partial charge is 0.367 e. The molecule has 1 saturated carbocycles. The standard InChI is InChI=1S/C17H21N3O/c1-2-4-13(5-3-1)16-10-20(9-15-8-18-12-19-15)11-17(21-16)14-6-7-14/h1-5,8,12,14,16-17H,6-7,9-11H2,(H,18,19)/t16-,17+/m0/s1. The summed E-state index contributed by atoms with van der Waals surface area (Å²) in [5, 5.41) is 0. The van der Waals surface area contributed by atoms with E-state index in [9.17, 15) is 0 Å². The minimum absolute atomic E-state index is 0.188. The van der Waals surface area contributed by atoms with Gasteiger partial charge < -0.3 is 9.72 Å². The summed E-state index contributed by atoms with van der Waals surface area (Å²) in [7, 11) is 0. The van der Waals surface area contributed by atoms with Crippen molar-refractivity contribution in [3.8, 4) is 0 Å². The molecule has 4 heteroatoms. The molecule has 1 aliphatic carbocycles. The van der Waals surface area contributed by atoms with Gasteiger partial charge in [-0.25, -0.2) is 4.98 Å². The maximum Gasteiger partial charge on any atom is 0.0956 e. The van der Waals surface area contributed by atoms with Gasteiger partial charge in [-0.1, -0.05) is 30.3 Å². The van der Waals surface area contributed by atoms with Gasteiger partial charge in [-0.05, 0) is 24.3 Å². The van der Waals surface area contributed by atoms with Crippen molar-refractivity contribution in [2.75, 3.05) is 13.1 Å². The number of imidazole rings is 1. The molecule has 2 aromatic rings. The fourth-order valence-electron chi connectivity index (χ4n) is 3.18. The molecule has 2 aliphatic rings. The molecule has 0 radical (unpaired) electrons. The van der Waals surface area contributed by atoms with E-state index in [0.717, 1.165) is 25.6 Å². The van der Waals surface area contributed by atoms with Crippen LogP contribution < -0.4 is 0 Å². The Bertz CT molecular complexity index is 565. The zero-order chi connectivity index (χ0) is 14.1. The van der Waals surface area contributed by atoms with Crippen molar-refractivity contribution < 1.29 is 4.74 Å². The molecule has 0 bridgehead atoms. The van der Waals surface area contributed by atoms with Crippen LogP contribution in [0.1, 0.15) is 30.2 Å². The van der Waals surface area contributed by atoms with Gasteiger partial charge in [0, 0.05) is 31.5 Å². The number of ether oxygens (including phenoxy) is 1. The van der Waals surface area contributed by atoms with Crippen molar-refractivity contribution in [3.05, 3.63) is 54.1 Å². The number of benzene rings is 1. The quantitative estimate of drug-likeness (QED) is 0.938. The highest BCUT2D eigenvalue weighted by Crippen LogP contribution is 2.39. The molecule has 0 unspecified atom stereocenters. The Kier molecular flexibility index (Phi) is 3.49. The highest BCUT2D eigenvalue weighted by molar-refractivity contribution is 5.19. The molecule has 2 fully saturated rings. The summed E-state index contributed by atoms with van der Waals surface area (Å²) < 4.78 is 6.38. The highest BCUT2D eigenvalue weighted by Gasteiger charge is 2.38. The molecule has 110 valence electrons. The van der Waals surface area contributed by atoms with Crippen LogP contribution in [-0.2, 0) is 11.3 Å². The predicted molar refractivity (Wildman–Crippen MR) is 80.6 cm³/mol. The first-order chi connectivity index (χ1) is 10.4. The summed E-state index contributed by atoms with van der Waals surface area (Å²) >= 11 is 0. The second-order valence-corrected chi connectivity index (χ2v) is 6.18. The Balaban J connectivity index is 1.51. The van der Waals surface area contributed by atoms with Gasteiger partial charge in [0.2, 0.25) is 0 Å². The number of aromatic nitrogens is 2. The van der Waals surface area contributed by atoms with Crippen LogP contribution in [0.5, 0.6) is 0 Å². The monoisotopic (exact) mass is 283 g/mol. The summed E-state index contributed by atoms with van der Waals surface area (Å²) in [6.07, 6.45) is 6.89. The molecule has 1 aromatic carbocycles. The van der Waals surface area contributed by atoms with E-state index in [4.69, 9.17) is 4.74 Å². The summed E-state index contributed by atoms with van der Waals surface area (Å²) in [4.78, 5) is 9.82. The molecule has 1 saturated heterocycles. The van der Waals surface area contributed by atoms with Gasteiger partial charge in [-0.2, -0.15) is 0 Å². The maximum atomic E-state index is 6.38. The number of hydrogen-bond acceptors (Lipinski definition) is 3. The minimum Gasteiger partial charge on any atom is -0.367 e. The van der Waals surface area contributed by atoms with Crippen molar-refractivity contribution in [1.82, 2.24) is 14.9 Å². The topological polar surface area (TPSA) is 41.2 Å². The van der Waals surface area contributed by atoms with Crippen LogP contribution in [0.4, 0.5) is 0 Å². The van der Waals surface area contributed by atoms with Gasteiger partial charge in [-0.3, -0.25) is 4.90 Å². The second-order valence-electron chi connectivity index (χ2n) is 6.18. The smallest absolute Gasteiger partial charge is 0.0956 e. The van der Waals surface area contributed by atoms with Gasteiger partial charge in [0.05, 0.1) is 18.5 Å². The molecule has 2 atom stereocenters. The zero-order valence-electron chi connectivity index (χ0n) is 12.1. The van der Waals surface area contributed by atoms with Crippen molar-refractivity contribution in [3.63, 3.8) is 0 Å². The molecule has 4 nitrogen and oxygen atoms in total. The lowest BCUT2D eigenvalue weighted by atomic mass is 10.0. The molecule has 21 heavy (non-hydrogen) atoms. The normalized spacial score (nSPS) is 26.9. The lowest BCUT2D eigenvalue weighted by Gasteiger charge is -2.38. The van der Waals surface area contributed by atoms with Crippen molar-refractivity contribution >= 4 is 0 Å². The van der Waals surface area contributed by atoms with Crippen molar-refractivity contribution in [1.29, 1.82) is 0 Å². The summed E-state index contributed by atoms with van der Waals surface area (Å²) in [5.41, 5.74) is 2.47. The average molecular weight is 283 g/mol. The van der Waals surface area contributed by atoms with Gasteiger partial charge in [0.1, 0.15) is 0 Å². The fraction of sp³-hybridized carbons (Fsp3) is 0.471. The Morgan fingerprint density at radius 3 is 2.76 bits per heavy atom. The number of nitrogens with zero attached hydrogens (tertiary/aromatic N) is 2. The van der Waals surface area contributed by atoms with E-state index >= 15 is 0 Å². The van der Waals surface area contributed by atoms with E-state index in [1.165, 1.54) is 24.1 Å². The zero-order valence-corrected chi connectivity index (χ0v) is 12.1. The van der Waals surface area contributed by atoms with Gasteiger partial charge >= 0.3 is 0 Å². The lowest BCUT2D eigenvalue weighted by Crippen LogP contribution is -2.44. The Hall–Kier alpha value is -1.65. The molecule has 4 rings (SSSR count). The number of hydrogen-bond donors (Lipinski definition) is 1. The molecular weight excluding hydrogens is 262 g/mol. The Labute approximate surface area is 125 Å². The van der Waals surface area contributed by atoms with Crippen molar-refractivity contribution in [2.45, 2.75) is 31.6 Å². The summed E-state index contributed by atoms with van der Waals surface area (Å²) in [6, 6.07) is 10.6. The number of nitrogens with one attached hydrogen (secondary N) is 1. The molecule has 2 heterocycles. The van der Waals surface area contributed by atoms with Gasteiger partial charge in [0.15, 0.2) is 0 Å². The van der Waals surface area contributed by atoms with Crippen LogP contribution in [-0.4, -0.2) is 34.1 Å². The van der Waals surface area contributed by atoms with Crippen LogP contribution in [0.2, 0.25) is 0 Å². The third-order valence-electron chi connectivity index (χ3n) is 4.47. The SMILES string of the molecule is c1ccc([C@@H]2CN(Cc3cnc[nH]3)C[C@H](C3CC3)O2)cc1. The van der Waals surface area contributed by atoms with Crippen molar-refractivity contribution in [2.24, 2.45) is 5.92 Å². The first-order valence-electron chi connectivity index (χ1n) is 7.78. The first-order valence-corrected chi connectivity index (χ1v) is 7.78. The van der Waals surface area contributed by atoms with E-state index in [1.54, 1.807) is 6.33 Å².